The van der Waals surface area contributed by atoms with Gasteiger partial charge in [0.25, 0.3) is 0 Å². The first-order chi connectivity index (χ1) is 9.56. The van der Waals surface area contributed by atoms with E-state index in [1.807, 2.05) is 12.1 Å². The van der Waals surface area contributed by atoms with Crippen LogP contribution in [0.2, 0.25) is 0 Å². The van der Waals surface area contributed by atoms with Gasteiger partial charge >= 0.3 is 0 Å². The van der Waals surface area contributed by atoms with Gasteiger partial charge in [-0.1, -0.05) is 26.0 Å². The minimum Gasteiger partial charge on any atom is -0.497 e. The van der Waals surface area contributed by atoms with E-state index in [0.29, 0.717) is 12.0 Å². The third-order valence-corrected chi connectivity index (χ3v) is 3.45. The number of hydrogen-bond donors (Lipinski definition) is 2. The molecule has 0 spiro atoms. The molecule has 0 heterocycles. The summed E-state index contributed by atoms with van der Waals surface area (Å²) in [7, 11) is 3.48. The zero-order chi connectivity index (χ0) is 15.0. The lowest BCUT2D eigenvalue weighted by Gasteiger charge is -2.20. The van der Waals surface area contributed by atoms with Crippen LogP contribution in [0.3, 0.4) is 0 Å². The summed E-state index contributed by atoms with van der Waals surface area (Å²) in [6.07, 6.45) is 0.959. The molecule has 21 heavy (non-hydrogen) atoms. The lowest BCUT2D eigenvalue weighted by molar-refractivity contribution is 0.414. The van der Waals surface area contributed by atoms with Crippen molar-refractivity contribution in [3.8, 4) is 5.75 Å². The van der Waals surface area contributed by atoms with Crippen LogP contribution in [-0.4, -0.2) is 32.7 Å². The lowest BCUT2D eigenvalue weighted by atomic mass is 10.1. The van der Waals surface area contributed by atoms with Crippen LogP contribution in [0, 0.1) is 5.92 Å². The number of benzene rings is 1. The average Bonchev–Trinajstić information content (AvgIpc) is 2.46. The van der Waals surface area contributed by atoms with Crippen LogP contribution >= 0.6 is 24.0 Å². The van der Waals surface area contributed by atoms with Crippen molar-refractivity contribution in [1.82, 2.24) is 10.6 Å². The second-order valence-corrected chi connectivity index (χ2v) is 5.27. The smallest absolute Gasteiger partial charge is 0.191 e. The number of hydrogen-bond acceptors (Lipinski definition) is 2. The third-order valence-electron chi connectivity index (χ3n) is 3.45. The summed E-state index contributed by atoms with van der Waals surface area (Å²) in [6.45, 7) is 7.42. The SMILES string of the molecule is CN=C(NCCc1ccc(OC)cc1)NC(C)C(C)C.I. The maximum absolute atomic E-state index is 5.15. The summed E-state index contributed by atoms with van der Waals surface area (Å²) < 4.78 is 5.15. The minimum atomic E-state index is 0. The minimum absolute atomic E-state index is 0. The second kappa shape index (κ2) is 10.7. The second-order valence-electron chi connectivity index (χ2n) is 5.27. The molecule has 0 aromatic heterocycles. The van der Waals surface area contributed by atoms with Gasteiger partial charge in [-0.05, 0) is 37.0 Å². The Balaban J connectivity index is 0.00000400. The Morgan fingerprint density at radius 3 is 2.29 bits per heavy atom. The summed E-state index contributed by atoms with van der Waals surface area (Å²) in [5.74, 6) is 2.33. The number of rotatable bonds is 6. The highest BCUT2D eigenvalue weighted by Gasteiger charge is 2.08. The normalized spacial score (nSPS) is 12.6. The number of ether oxygens (including phenoxy) is 1. The fraction of sp³-hybridized carbons (Fsp3) is 0.562. The fourth-order valence-corrected chi connectivity index (χ4v) is 1.69. The zero-order valence-corrected chi connectivity index (χ0v) is 16.0. The molecule has 1 atom stereocenters. The van der Waals surface area contributed by atoms with Gasteiger partial charge in [0.2, 0.25) is 0 Å². The first-order valence-electron chi connectivity index (χ1n) is 7.17. The Bertz CT molecular complexity index is 418. The van der Waals surface area contributed by atoms with Crippen LogP contribution in [0.5, 0.6) is 5.75 Å². The molecule has 1 aromatic carbocycles. The highest BCUT2D eigenvalue weighted by atomic mass is 127. The Kier molecular flexibility index (Phi) is 10.2. The molecule has 0 saturated heterocycles. The van der Waals surface area contributed by atoms with E-state index in [-0.39, 0.29) is 24.0 Å². The van der Waals surface area contributed by atoms with Gasteiger partial charge in [-0.2, -0.15) is 0 Å². The first-order valence-corrected chi connectivity index (χ1v) is 7.17. The van der Waals surface area contributed by atoms with Crippen molar-refractivity contribution in [2.75, 3.05) is 20.7 Å². The Morgan fingerprint density at radius 2 is 1.81 bits per heavy atom. The highest BCUT2D eigenvalue weighted by molar-refractivity contribution is 14.0. The van der Waals surface area contributed by atoms with E-state index in [0.717, 1.165) is 24.7 Å². The summed E-state index contributed by atoms with van der Waals surface area (Å²) in [5.41, 5.74) is 1.28. The molecule has 0 aliphatic rings. The molecule has 2 N–H and O–H groups in total. The van der Waals surface area contributed by atoms with Crippen molar-refractivity contribution in [2.24, 2.45) is 10.9 Å². The van der Waals surface area contributed by atoms with Crippen molar-refractivity contribution in [3.63, 3.8) is 0 Å². The van der Waals surface area contributed by atoms with Crippen molar-refractivity contribution >= 4 is 29.9 Å². The van der Waals surface area contributed by atoms with Crippen LogP contribution < -0.4 is 15.4 Å². The molecule has 5 heteroatoms. The van der Waals surface area contributed by atoms with E-state index >= 15 is 0 Å². The highest BCUT2D eigenvalue weighted by Crippen LogP contribution is 2.11. The molecule has 0 fully saturated rings. The molecule has 4 nitrogen and oxygen atoms in total. The quantitative estimate of drug-likeness (QED) is 0.435. The van der Waals surface area contributed by atoms with E-state index in [9.17, 15) is 0 Å². The summed E-state index contributed by atoms with van der Waals surface area (Å²) in [5, 5.41) is 6.73. The topological polar surface area (TPSA) is 45.7 Å². The number of nitrogens with one attached hydrogen (secondary N) is 2. The predicted octanol–water partition coefficient (Wildman–Crippen LogP) is 3.07. The van der Waals surface area contributed by atoms with E-state index in [2.05, 4.69) is 48.5 Å². The molecule has 1 rings (SSSR count). The molecule has 0 aliphatic heterocycles. The van der Waals surface area contributed by atoms with Gasteiger partial charge in [-0.3, -0.25) is 4.99 Å². The van der Waals surface area contributed by atoms with Gasteiger partial charge in [0.1, 0.15) is 5.75 Å². The first kappa shape index (κ1) is 20.0. The average molecular weight is 405 g/mol. The monoisotopic (exact) mass is 405 g/mol. The molecule has 0 bridgehead atoms. The predicted molar refractivity (Wildman–Crippen MR) is 101 cm³/mol. The Morgan fingerprint density at radius 1 is 1.19 bits per heavy atom. The van der Waals surface area contributed by atoms with E-state index < -0.39 is 0 Å². The van der Waals surface area contributed by atoms with Gasteiger partial charge < -0.3 is 15.4 Å². The molecule has 0 radical (unpaired) electrons. The van der Waals surface area contributed by atoms with Crippen molar-refractivity contribution < 1.29 is 4.74 Å². The molecule has 1 aromatic rings. The van der Waals surface area contributed by atoms with Gasteiger partial charge in [0.05, 0.1) is 7.11 Å². The third kappa shape index (κ3) is 7.55. The largest absolute Gasteiger partial charge is 0.497 e. The Labute approximate surface area is 145 Å². The van der Waals surface area contributed by atoms with E-state index in [1.165, 1.54) is 5.56 Å². The van der Waals surface area contributed by atoms with E-state index in [4.69, 9.17) is 4.74 Å². The van der Waals surface area contributed by atoms with Crippen LogP contribution in [0.25, 0.3) is 0 Å². The van der Waals surface area contributed by atoms with Gasteiger partial charge in [-0.25, -0.2) is 0 Å². The molecular formula is C16H28IN3O. The van der Waals surface area contributed by atoms with Crippen molar-refractivity contribution in [2.45, 2.75) is 33.2 Å². The number of guanidine groups is 1. The maximum atomic E-state index is 5.15. The van der Waals surface area contributed by atoms with Crippen LogP contribution in [0.15, 0.2) is 29.3 Å². The van der Waals surface area contributed by atoms with E-state index in [1.54, 1.807) is 14.2 Å². The van der Waals surface area contributed by atoms with Crippen molar-refractivity contribution in [3.05, 3.63) is 29.8 Å². The maximum Gasteiger partial charge on any atom is 0.191 e. The number of nitrogens with zero attached hydrogens (tertiary/aromatic N) is 1. The van der Waals surface area contributed by atoms with Gasteiger partial charge in [-0.15, -0.1) is 24.0 Å². The summed E-state index contributed by atoms with van der Waals surface area (Å²) in [4.78, 5) is 4.24. The molecule has 1 unspecified atom stereocenters. The molecule has 0 amide bonds. The lowest BCUT2D eigenvalue weighted by Crippen LogP contribution is -2.44. The molecule has 0 saturated carbocycles. The number of methoxy groups -OCH3 is 1. The Hall–Kier alpha value is -0.980. The van der Waals surface area contributed by atoms with Gasteiger partial charge in [0.15, 0.2) is 5.96 Å². The van der Waals surface area contributed by atoms with Crippen LogP contribution in [0.1, 0.15) is 26.3 Å². The van der Waals surface area contributed by atoms with Crippen LogP contribution in [0.4, 0.5) is 0 Å². The molecular weight excluding hydrogens is 377 g/mol. The number of aliphatic imine (C=N–C) groups is 1. The number of halogens is 1. The van der Waals surface area contributed by atoms with Crippen molar-refractivity contribution in [1.29, 1.82) is 0 Å². The summed E-state index contributed by atoms with van der Waals surface area (Å²) >= 11 is 0. The fourth-order valence-electron chi connectivity index (χ4n) is 1.69. The molecule has 0 aliphatic carbocycles. The van der Waals surface area contributed by atoms with Gasteiger partial charge in [0, 0.05) is 19.6 Å². The van der Waals surface area contributed by atoms with Crippen LogP contribution in [-0.2, 0) is 6.42 Å². The molecule has 120 valence electrons. The standard InChI is InChI=1S/C16H27N3O.HI/c1-12(2)13(3)19-16(17-4)18-11-10-14-6-8-15(20-5)9-7-14;/h6-9,12-13H,10-11H2,1-5H3,(H2,17,18,19);1H. The zero-order valence-electron chi connectivity index (χ0n) is 13.6. The summed E-state index contributed by atoms with van der Waals surface area (Å²) in [6, 6.07) is 8.56.